The molecule has 0 saturated carbocycles. The number of carbonyl (C=O) groups excluding carboxylic acids is 1. The van der Waals surface area contributed by atoms with Crippen LogP contribution in [0.5, 0.6) is 0 Å². The average Bonchev–Trinajstić information content (AvgIpc) is 3.06. The summed E-state index contributed by atoms with van der Waals surface area (Å²) in [6.45, 7) is 6.28. The molecule has 0 radical (unpaired) electrons. The van der Waals surface area contributed by atoms with Crippen LogP contribution in [0.3, 0.4) is 0 Å². The third-order valence-corrected chi connectivity index (χ3v) is 4.68. The fraction of sp³-hybridized carbons (Fsp3) is 0.588. The summed E-state index contributed by atoms with van der Waals surface area (Å²) in [6, 6.07) is 2.21. The van der Waals surface area contributed by atoms with Crippen LogP contribution in [-0.2, 0) is 22.5 Å². The maximum atomic E-state index is 12.4. The van der Waals surface area contributed by atoms with Crippen LogP contribution in [-0.4, -0.2) is 35.5 Å². The van der Waals surface area contributed by atoms with Gasteiger partial charge in [-0.2, -0.15) is 5.26 Å². The molecule has 1 aromatic heterocycles. The third kappa shape index (κ3) is 2.77. The Morgan fingerprint density at radius 1 is 1.52 bits per heavy atom. The fourth-order valence-corrected chi connectivity index (χ4v) is 3.49. The molecule has 1 fully saturated rings. The van der Waals surface area contributed by atoms with E-state index < -0.39 is 0 Å². The third-order valence-electron chi connectivity index (χ3n) is 4.68. The molecule has 23 heavy (non-hydrogen) atoms. The Morgan fingerprint density at radius 2 is 2.30 bits per heavy atom. The van der Waals surface area contributed by atoms with Crippen LogP contribution < -0.4 is 5.73 Å². The Hall–Kier alpha value is -2.13. The molecular formula is C17H22N4O2. The number of nitrogens with two attached hydrogens (primary N) is 1. The minimum absolute atomic E-state index is 0.0352. The Morgan fingerprint density at radius 3 is 2.91 bits per heavy atom. The second-order valence-electron chi connectivity index (χ2n) is 6.55. The van der Waals surface area contributed by atoms with Gasteiger partial charge < -0.3 is 15.4 Å². The van der Waals surface area contributed by atoms with E-state index in [2.05, 4.69) is 11.1 Å². The maximum Gasteiger partial charge on any atom is 0.225 e. The van der Waals surface area contributed by atoms with Crippen molar-refractivity contribution in [3.05, 3.63) is 22.4 Å². The van der Waals surface area contributed by atoms with E-state index in [1.165, 1.54) is 0 Å². The summed E-state index contributed by atoms with van der Waals surface area (Å²) < 4.78 is 5.50. The van der Waals surface area contributed by atoms with E-state index in [4.69, 9.17) is 10.5 Å². The lowest BCUT2D eigenvalue weighted by atomic mass is 9.86. The molecule has 1 amide bonds. The van der Waals surface area contributed by atoms with Gasteiger partial charge in [0, 0.05) is 43.6 Å². The Kier molecular flexibility index (Phi) is 4.22. The minimum Gasteiger partial charge on any atom is -0.383 e. The van der Waals surface area contributed by atoms with E-state index in [-0.39, 0.29) is 17.7 Å². The summed E-state index contributed by atoms with van der Waals surface area (Å²) in [4.78, 5) is 18.7. The van der Waals surface area contributed by atoms with Gasteiger partial charge in [0.25, 0.3) is 0 Å². The molecule has 1 atom stereocenters. The highest BCUT2D eigenvalue weighted by Gasteiger charge is 2.32. The van der Waals surface area contributed by atoms with Crippen molar-refractivity contribution in [3.8, 4) is 6.07 Å². The molecule has 0 bridgehead atoms. The first-order valence-corrected chi connectivity index (χ1v) is 8.10. The van der Waals surface area contributed by atoms with Crippen molar-refractivity contribution in [3.63, 3.8) is 0 Å². The van der Waals surface area contributed by atoms with Crippen LogP contribution in [0.1, 0.15) is 48.6 Å². The molecule has 122 valence electrons. The van der Waals surface area contributed by atoms with Crippen molar-refractivity contribution in [1.82, 2.24) is 9.88 Å². The van der Waals surface area contributed by atoms with E-state index in [0.717, 1.165) is 23.2 Å². The van der Waals surface area contributed by atoms with Gasteiger partial charge >= 0.3 is 0 Å². The topological polar surface area (TPSA) is 92.2 Å². The number of carbonyl (C=O) groups is 1. The first kappa shape index (κ1) is 15.8. The lowest BCUT2D eigenvalue weighted by Crippen LogP contribution is -2.39. The lowest BCUT2D eigenvalue weighted by Gasteiger charge is -2.32. The summed E-state index contributed by atoms with van der Waals surface area (Å²) in [5.41, 5.74) is 9.35. The molecular weight excluding hydrogens is 292 g/mol. The molecule has 0 spiro atoms. The zero-order chi connectivity index (χ0) is 16.6. The van der Waals surface area contributed by atoms with Crippen LogP contribution in [0.25, 0.3) is 0 Å². The summed E-state index contributed by atoms with van der Waals surface area (Å²) >= 11 is 0. The quantitative estimate of drug-likeness (QED) is 0.894. The molecule has 2 aliphatic heterocycles. The second-order valence-corrected chi connectivity index (χ2v) is 6.55. The van der Waals surface area contributed by atoms with Gasteiger partial charge in [-0.25, -0.2) is 4.98 Å². The number of nitriles is 1. The number of hydrogen-bond acceptors (Lipinski definition) is 5. The molecule has 0 unspecified atom stereocenters. The fourth-order valence-electron chi connectivity index (χ4n) is 3.49. The number of aromatic nitrogens is 1. The first-order chi connectivity index (χ1) is 11.0. The van der Waals surface area contributed by atoms with Crippen molar-refractivity contribution < 1.29 is 9.53 Å². The Balaban J connectivity index is 2.06. The molecule has 3 heterocycles. The second kappa shape index (κ2) is 6.17. The van der Waals surface area contributed by atoms with Gasteiger partial charge in [0.1, 0.15) is 11.9 Å². The van der Waals surface area contributed by atoms with E-state index in [1.807, 2.05) is 18.7 Å². The predicted molar refractivity (Wildman–Crippen MR) is 85.5 cm³/mol. The van der Waals surface area contributed by atoms with Gasteiger partial charge in [0.15, 0.2) is 0 Å². The summed E-state index contributed by atoms with van der Waals surface area (Å²) in [5.74, 6) is 0.571. The summed E-state index contributed by atoms with van der Waals surface area (Å²) in [5, 5.41) is 9.53. The zero-order valence-corrected chi connectivity index (χ0v) is 13.6. The summed E-state index contributed by atoms with van der Waals surface area (Å²) in [7, 11) is 0. The van der Waals surface area contributed by atoms with Gasteiger partial charge in [-0.15, -0.1) is 0 Å². The maximum absolute atomic E-state index is 12.4. The molecule has 0 aromatic carbocycles. The van der Waals surface area contributed by atoms with Crippen LogP contribution in [0.2, 0.25) is 0 Å². The van der Waals surface area contributed by atoms with Crippen molar-refractivity contribution in [1.29, 1.82) is 5.26 Å². The highest BCUT2D eigenvalue weighted by molar-refractivity contribution is 5.78. The standard InChI is InChI=1S/C17H22N4O2/c1-10(2)17(22)21-5-3-14-13(8-21)15(11-4-6-23-9-11)12(7-18)16(19)20-14/h10-11H,3-6,8-9H2,1-2H3,(H2,19,20)/t11-/m0/s1. The smallest absolute Gasteiger partial charge is 0.225 e. The van der Waals surface area contributed by atoms with E-state index in [9.17, 15) is 10.1 Å². The molecule has 6 heteroatoms. The van der Waals surface area contributed by atoms with Crippen molar-refractivity contribution in [2.75, 3.05) is 25.5 Å². The first-order valence-electron chi connectivity index (χ1n) is 8.10. The van der Waals surface area contributed by atoms with Gasteiger partial charge in [-0.1, -0.05) is 13.8 Å². The number of nitrogens with zero attached hydrogens (tertiary/aromatic N) is 3. The number of fused-ring (bicyclic) bond motifs is 1. The number of ether oxygens (including phenoxy) is 1. The van der Waals surface area contributed by atoms with Gasteiger partial charge in [0.2, 0.25) is 5.91 Å². The largest absolute Gasteiger partial charge is 0.383 e. The van der Waals surface area contributed by atoms with Crippen LogP contribution >= 0.6 is 0 Å². The molecule has 2 N–H and O–H groups in total. The van der Waals surface area contributed by atoms with E-state index >= 15 is 0 Å². The molecule has 1 aromatic rings. The number of pyridine rings is 1. The molecule has 1 saturated heterocycles. The van der Waals surface area contributed by atoms with Crippen LogP contribution in [0.15, 0.2) is 0 Å². The molecule has 0 aliphatic carbocycles. The van der Waals surface area contributed by atoms with Crippen LogP contribution in [0.4, 0.5) is 5.82 Å². The summed E-state index contributed by atoms with van der Waals surface area (Å²) in [6.07, 6.45) is 1.56. The highest BCUT2D eigenvalue weighted by atomic mass is 16.5. The van der Waals surface area contributed by atoms with Gasteiger partial charge in [0.05, 0.1) is 12.2 Å². The number of rotatable bonds is 2. The number of hydrogen-bond donors (Lipinski definition) is 1. The molecule has 3 rings (SSSR count). The van der Waals surface area contributed by atoms with Gasteiger partial charge in [-0.3, -0.25) is 4.79 Å². The zero-order valence-electron chi connectivity index (χ0n) is 13.6. The Bertz CT molecular complexity index is 672. The SMILES string of the molecule is CC(C)C(=O)N1CCc2nc(N)c(C#N)c([C@H]3CCOC3)c2C1. The normalized spacial score (nSPS) is 20.4. The average molecular weight is 314 g/mol. The minimum atomic E-state index is -0.0352. The number of nitrogen functional groups attached to an aromatic ring is 1. The highest BCUT2D eigenvalue weighted by Crippen LogP contribution is 2.36. The number of amides is 1. The van der Waals surface area contributed by atoms with Crippen LogP contribution in [0, 0.1) is 17.2 Å². The van der Waals surface area contributed by atoms with Crippen molar-refractivity contribution in [2.24, 2.45) is 5.92 Å². The molecule has 2 aliphatic rings. The van der Waals surface area contributed by atoms with E-state index in [1.54, 1.807) is 0 Å². The molecule has 6 nitrogen and oxygen atoms in total. The predicted octanol–water partition coefficient (Wildman–Crippen LogP) is 1.58. The van der Waals surface area contributed by atoms with Crippen molar-refractivity contribution >= 4 is 11.7 Å². The number of anilines is 1. The van der Waals surface area contributed by atoms with Crippen molar-refractivity contribution in [2.45, 2.75) is 39.2 Å². The van der Waals surface area contributed by atoms with E-state index in [0.29, 0.717) is 44.1 Å². The lowest BCUT2D eigenvalue weighted by molar-refractivity contribution is -0.135. The monoisotopic (exact) mass is 314 g/mol. The Labute approximate surface area is 136 Å². The van der Waals surface area contributed by atoms with Gasteiger partial charge in [-0.05, 0) is 17.5 Å².